The standard InChI is InChI=1S/C53H32N2S/c1-2-12-39-31-51-46(30-38(39)11-1)47-32-50(55-49-19-8-7-18-48(49)54-53(55)52(47)56-51)37-26-24-36(25-27-37)43-29-28-42(44-15-5-6-16-45(43)44)35-22-20-34(21-23-35)41-17-9-13-33-10-3-4-14-40(33)41/h1-32H. The molecular formula is C53H32N2S. The predicted octanol–water partition coefficient (Wildman–Crippen LogP) is 15.0. The maximum atomic E-state index is 5.23. The van der Waals surface area contributed by atoms with Gasteiger partial charge in [0.15, 0.2) is 5.65 Å². The van der Waals surface area contributed by atoms with E-state index in [9.17, 15) is 0 Å². The SMILES string of the molecule is c1ccc2cc3c(cc2c1)sc1c3cc(-c2ccc(-c3ccc(-c4ccc(-c5cccc6ccccc56)cc4)c4ccccc34)cc2)n2c3ccccc3nc12. The molecule has 0 radical (unpaired) electrons. The normalized spacial score (nSPS) is 11.9. The summed E-state index contributed by atoms with van der Waals surface area (Å²) >= 11 is 1.84. The van der Waals surface area contributed by atoms with E-state index >= 15 is 0 Å². The summed E-state index contributed by atoms with van der Waals surface area (Å²) in [5.74, 6) is 0. The van der Waals surface area contributed by atoms with E-state index in [1.165, 1.54) is 85.9 Å². The van der Waals surface area contributed by atoms with Gasteiger partial charge < -0.3 is 0 Å². The summed E-state index contributed by atoms with van der Waals surface area (Å²) in [4.78, 5) is 5.23. The molecule has 0 saturated carbocycles. The van der Waals surface area contributed by atoms with E-state index in [1.54, 1.807) is 0 Å². The van der Waals surface area contributed by atoms with Crippen LogP contribution in [-0.2, 0) is 0 Å². The van der Waals surface area contributed by atoms with Crippen molar-refractivity contribution >= 4 is 80.5 Å². The predicted molar refractivity (Wildman–Crippen MR) is 240 cm³/mol. The van der Waals surface area contributed by atoms with Crippen LogP contribution in [-0.4, -0.2) is 9.38 Å². The van der Waals surface area contributed by atoms with Gasteiger partial charge in [0.2, 0.25) is 0 Å². The lowest BCUT2D eigenvalue weighted by molar-refractivity contribution is 1.25. The Bertz CT molecular complexity index is 3510. The Morgan fingerprint density at radius 1 is 0.375 bits per heavy atom. The Morgan fingerprint density at radius 3 is 1.61 bits per heavy atom. The van der Waals surface area contributed by atoms with Crippen LogP contribution in [0.2, 0.25) is 0 Å². The van der Waals surface area contributed by atoms with Crippen molar-refractivity contribution in [2.45, 2.75) is 0 Å². The maximum absolute atomic E-state index is 5.23. The van der Waals surface area contributed by atoms with E-state index in [4.69, 9.17) is 4.98 Å². The fourth-order valence-electron chi connectivity index (χ4n) is 8.88. The first-order valence-corrected chi connectivity index (χ1v) is 19.9. The number of para-hydroxylation sites is 2. The Morgan fingerprint density at radius 2 is 0.911 bits per heavy atom. The van der Waals surface area contributed by atoms with Crippen molar-refractivity contribution in [1.29, 1.82) is 0 Å². The highest BCUT2D eigenvalue weighted by atomic mass is 32.1. The van der Waals surface area contributed by atoms with Gasteiger partial charge in [-0.05, 0) is 102 Å². The average Bonchev–Trinajstić information content (AvgIpc) is 3.83. The summed E-state index contributed by atoms with van der Waals surface area (Å²) in [6.07, 6.45) is 0. The summed E-state index contributed by atoms with van der Waals surface area (Å²) in [5, 5.41) is 10.1. The van der Waals surface area contributed by atoms with Crippen molar-refractivity contribution in [2.75, 3.05) is 0 Å². The molecule has 0 aliphatic heterocycles. The van der Waals surface area contributed by atoms with Gasteiger partial charge in [-0.25, -0.2) is 4.98 Å². The molecule has 12 rings (SSSR count). The lowest BCUT2D eigenvalue weighted by Gasteiger charge is -2.14. The molecule has 0 spiro atoms. The third kappa shape index (κ3) is 4.78. The third-order valence-corrected chi connectivity index (χ3v) is 12.8. The van der Waals surface area contributed by atoms with Crippen LogP contribution in [0.3, 0.4) is 0 Å². The van der Waals surface area contributed by atoms with E-state index in [0.717, 1.165) is 27.9 Å². The number of fused-ring (bicyclic) bond motifs is 10. The number of pyridine rings is 1. The van der Waals surface area contributed by atoms with E-state index < -0.39 is 0 Å². The number of aromatic nitrogens is 2. The van der Waals surface area contributed by atoms with E-state index in [1.807, 2.05) is 11.3 Å². The minimum Gasteiger partial charge on any atom is -0.291 e. The Labute approximate surface area is 327 Å². The van der Waals surface area contributed by atoms with Gasteiger partial charge >= 0.3 is 0 Å². The molecule has 3 heterocycles. The smallest absolute Gasteiger partial charge is 0.156 e. The fourth-order valence-corrected chi connectivity index (χ4v) is 10.1. The van der Waals surface area contributed by atoms with Gasteiger partial charge in [0, 0.05) is 15.5 Å². The summed E-state index contributed by atoms with van der Waals surface area (Å²) in [7, 11) is 0. The zero-order valence-electron chi connectivity index (χ0n) is 30.3. The number of nitrogens with zero attached hydrogens (tertiary/aromatic N) is 2. The molecule has 12 aromatic rings. The van der Waals surface area contributed by atoms with Crippen molar-refractivity contribution in [1.82, 2.24) is 9.38 Å². The molecule has 0 aliphatic rings. The van der Waals surface area contributed by atoms with Gasteiger partial charge in [-0.3, -0.25) is 4.40 Å². The molecule has 0 bridgehead atoms. The van der Waals surface area contributed by atoms with Crippen LogP contribution in [0.4, 0.5) is 0 Å². The lowest BCUT2D eigenvalue weighted by atomic mass is 9.90. The number of rotatable bonds is 4. The van der Waals surface area contributed by atoms with Gasteiger partial charge in [0.1, 0.15) is 0 Å². The van der Waals surface area contributed by atoms with Crippen LogP contribution in [0.5, 0.6) is 0 Å². The molecule has 3 heteroatoms. The Balaban J connectivity index is 0.966. The van der Waals surface area contributed by atoms with Crippen molar-refractivity contribution in [3.8, 4) is 44.6 Å². The van der Waals surface area contributed by atoms with Crippen molar-refractivity contribution in [3.05, 3.63) is 194 Å². The van der Waals surface area contributed by atoms with Crippen molar-refractivity contribution < 1.29 is 0 Å². The quantitative estimate of drug-likeness (QED) is 0.176. The largest absolute Gasteiger partial charge is 0.291 e. The zero-order valence-corrected chi connectivity index (χ0v) is 31.1. The summed E-state index contributed by atoms with van der Waals surface area (Å²) in [6, 6.07) is 71.0. The fraction of sp³-hybridized carbons (Fsp3) is 0. The van der Waals surface area contributed by atoms with Crippen LogP contribution in [0.1, 0.15) is 0 Å². The van der Waals surface area contributed by atoms with Crippen LogP contribution in [0, 0.1) is 0 Å². The summed E-state index contributed by atoms with van der Waals surface area (Å²) < 4.78 is 4.87. The summed E-state index contributed by atoms with van der Waals surface area (Å²) in [5.41, 5.74) is 12.8. The van der Waals surface area contributed by atoms with Crippen LogP contribution in [0.15, 0.2) is 194 Å². The zero-order chi connectivity index (χ0) is 36.7. The number of hydrogen-bond acceptors (Lipinski definition) is 2. The average molecular weight is 729 g/mol. The number of thiophene rings is 1. The van der Waals surface area contributed by atoms with Crippen LogP contribution >= 0.6 is 11.3 Å². The first-order valence-electron chi connectivity index (χ1n) is 19.1. The topological polar surface area (TPSA) is 17.3 Å². The molecule has 0 amide bonds. The molecule has 260 valence electrons. The Hall–Kier alpha value is -7.07. The molecule has 0 saturated heterocycles. The number of benzene rings is 9. The first-order chi connectivity index (χ1) is 27.7. The molecule has 0 aliphatic carbocycles. The molecule has 0 unspecified atom stereocenters. The van der Waals surface area contributed by atoms with Gasteiger partial charge in [-0.15, -0.1) is 11.3 Å². The molecule has 56 heavy (non-hydrogen) atoms. The van der Waals surface area contributed by atoms with Gasteiger partial charge in [0.05, 0.1) is 21.4 Å². The molecule has 0 N–H and O–H groups in total. The molecule has 3 aromatic heterocycles. The maximum Gasteiger partial charge on any atom is 0.156 e. The number of hydrogen-bond donors (Lipinski definition) is 0. The van der Waals surface area contributed by atoms with E-state index in [0.29, 0.717) is 0 Å². The van der Waals surface area contributed by atoms with Crippen molar-refractivity contribution in [2.24, 2.45) is 0 Å². The van der Waals surface area contributed by atoms with Crippen LogP contribution < -0.4 is 0 Å². The second-order valence-corrected chi connectivity index (χ2v) is 15.8. The van der Waals surface area contributed by atoms with E-state index in [2.05, 4.69) is 199 Å². The van der Waals surface area contributed by atoms with E-state index in [-0.39, 0.29) is 0 Å². The monoisotopic (exact) mass is 728 g/mol. The highest BCUT2D eigenvalue weighted by Crippen LogP contribution is 2.43. The summed E-state index contributed by atoms with van der Waals surface area (Å²) in [6.45, 7) is 0. The van der Waals surface area contributed by atoms with Crippen LogP contribution in [0.25, 0.3) is 114 Å². The molecule has 0 fully saturated rings. The van der Waals surface area contributed by atoms with Crippen molar-refractivity contribution in [3.63, 3.8) is 0 Å². The molecule has 2 nitrogen and oxygen atoms in total. The highest BCUT2D eigenvalue weighted by molar-refractivity contribution is 7.26. The number of imidazole rings is 1. The second-order valence-electron chi connectivity index (χ2n) is 14.7. The molecule has 9 aromatic carbocycles. The highest BCUT2D eigenvalue weighted by Gasteiger charge is 2.19. The molecule has 0 atom stereocenters. The third-order valence-electron chi connectivity index (χ3n) is 11.6. The first kappa shape index (κ1) is 31.3. The minimum absolute atomic E-state index is 1.01. The molecular weight excluding hydrogens is 697 g/mol. The van der Waals surface area contributed by atoms with Gasteiger partial charge in [-0.2, -0.15) is 0 Å². The Kier molecular flexibility index (Phi) is 6.83. The minimum atomic E-state index is 1.01. The lowest BCUT2D eigenvalue weighted by Crippen LogP contribution is -1.93. The van der Waals surface area contributed by atoms with Gasteiger partial charge in [0.25, 0.3) is 0 Å². The van der Waals surface area contributed by atoms with Gasteiger partial charge in [-0.1, -0.05) is 164 Å². The second kappa shape index (κ2) is 12.2.